The van der Waals surface area contributed by atoms with Gasteiger partial charge >= 0.3 is 0 Å². The van der Waals surface area contributed by atoms with Crippen LogP contribution in [0.1, 0.15) is 48.6 Å². The molecule has 0 fully saturated rings. The topological polar surface area (TPSA) is 32.3 Å². The standard InChI is InChI=1S/C19H23NO/c1-13(11-14(2)21)20-19-17-9-5-3-7-15(17)12-16-8-4-6-10-18(16)19/h3-10,13-14,19-21H,11-12H2,1-2H3. The molecule has 2 nitrogen and oxygen atoms in total. The molecule has 0 saturated carbocycles. The molecule has 0 heterocycles. The Morgan fingerprint density at radius 1 is 1.00 bits per heavy atom. The lowest BCUT2D eigenvalue weighted by Gasteiger charge is -2.32. The van der Waals surface area contributed by atoms with Crippen molar-refractivity contribution in [1.29, 1.82) is 0 Å². The van der Waals surface area contributed by atoms with Crippen molar-refractivity contribution in [2.75, 3.05) is 0 Å². The summed E-state index contributed by atoms with van der Waals surface area (Å²) in [7, 11) is 0. The highest BCUT2D eigenvalue weighted by Gasteiger charge is 2.25. The average molecular weight is 281 g/mol. The number of aliphatic hydroxyl groups is 1. The van der Waals surface area contributed by atoms with E-state index in [1.165, 1.54) is 22.3 Å². The van der Waals surface area contributed by atoms with Crippen molar-refractivity contribution in [2.24, 2.45) is 0 Å². The number of nitrogens with one attached hydrogen (secondary N) is 1. The first kappa shape index (κ1) is 14.3. The van der Waals surface area contributed by atoms with Gasteiger partial charge in [0.25, 0.3) is 0 Å². The Bertz CT molecular complexity index is 575. The van der Waals surface area contributed by atoms with Crippen LogP contribution in [-0.2, 0) is 6.42 Å². The molecule has 0 saturated heterocycles. The minimum Gasteiger partial charge on any atom is -0.393 e. The van der Waals surface area contributed by atoms with Crippen LogP contribution in [0.4, 0.5) is 0 Å². The molecule has 110 valence electrons. The van der Waals surface area contributed by atoms with Crippen LogP contribution in [0.15, 0.2) is 48.5 Å². The molecule has 0 spiro atoms. The summed E-state index contributed by atoms with van der Waals surface area (Å²) >= 11 is 0. The summed E-state index contributed by atoms with van der Waals surface area (Å²) in [5.74, 6) is 0. The lowest BCUT2D eigenvalue weighted by atomic mass is 9.82. The van der Waals surface area contributed by atoms with E-state index in [2.05, 4.69) is 60.8 Å². The van der Waals surface area contributed by atoms with E-state index in [0.29, 0.717) is 0 Å². The fourth-order valence-corrected chi connectivity index (χ4v) is 3.37. The monoisotopic (exact) mass is 281 g/mol. The summed E-state index contributed by atoms with van der Waals surface area (Å²) in [6.07, 6.45) is 1.50. The first-order chi connectivity index (χ1) is 10.1. The van der Waals surface area contributed by atoms with Crippen molar-refractivity contribution in [2.45, 2.75) is 44.9 Å². The zero-order valence-electron chi connectivity index (χ0n) is 12.7. The predicted molar refractivity (Wildman–Crippen MR) is 86.4 cm³/mol. The fraction of sp³-hybridized carbons (Fsp3) is 0.368. The molecule has 0 radical (unpaired) electrons. The molecule has 0 amide bonds. The van der Waals surface area contributed by atoms with Gasteiger partial charge < -0.3 is 10.4 Å². The molecule has 0 bridgehead atoms. The average Bonchev–Trinajstić information content (AvgIpc) is 2.46. The highest BCUT2D eigenvalue weighted by Crippen LogP contribution is 2.35. The molecule has 2 unspecified atom stereocenters. The van der Waals surface area contributed by atoms with Crippen LogP contribution < -0.4 is 5.32 Å². The Balaban J connectivity index is 1.95. The Morgan fingerprint density at radius 3 is 2.05 bits per heavy atom. The van der Waals surface area contributed by atoms with Gasteiger partial charge in [-0.3, -0.25) is 0 Å². The lowest BCUT2D eigenvalue weighted by Crippen LogP contribution is -2.35. The third-order valence-electron chi connectivity index (χ3n) is 4.26. The second-order valence-electron chi connectivity index (χ2n) is 6.16. The summed E-state index contributed by atoms with van der Waals surface area (Å²) in [6.45, 7) is 3.99. The number of hydrogen-bond donors (Lipinski definition) is 2. The van der Waals surface area contributed by atoms with Gasteiger partial charge in [-0.2, -0.15) is 0 Å². The Hall–Kier alpha value is -1.64. The zero-order chi connectivity index (χ0) is 14.8. The molecule has 2 heteroatoms. The first-order valence-corrected chi connectivity index (χ1v) is 7.75. The summed E-state index contributed by atoms with van der Waals surface area (Å²) < 4.78 is 0. The van der Waals surface area contributed by atoms with Crippen LogP contribution in [0.2, 0.25) is 0 Å². The minimum atomic E-state index is -0.276. The van der Waals surface area contributed by atoms with Gasteiger partial charge in [-0.1, -0.05) is 48.5 Å². The summed E-state index contributed by atoms with van der Waals surface area (Å²) in [6, 6.07) is 17.8. The van der Waals surface area contributed by atoms with Gasteiger partial charge in [0.1, 0.15) is 0 Å². The molecule has 1 aliphatic carbocycles. The van der Waals surface area contributed by atoms with Gasteiger partial charge in [0.2, 0.25) is 0 Å². The van der Waals surface area contributed by atoms with Gasteiger partial charge in [-0.05, 0) is 48.9 Å². The second kappa shape index (κ2) is 6.00. The molecule has 2 atom stereocenters. The molecule has 2 aromatic rings. The smallest absolute Gasteiger partial charge is 0.0584 e. The van der Waals surface area contributed by atoms with E-state index in [-0.39, 0.29) is 18.2 Å². The molecule has 3 rings (SSSR count). The van der Waals surface area contributed by atoms with E-state index >= 15 is 0 Å². The molecular weight excluding hydrogens is 258 g/mol. The fourth-order valence-electron chi connectivity index (χ4n) is 3.37. The second-order valence-corrected chi connectivity index (χ2v) is 6.16. The number of rotatable bonds is 4. The largest absolute Gasteiger partial charge is 0.393 e. The van der Waals surface area contributed by atoms with Crippen LogP contribution in [0.25, 0.3) is 0 Å². The van der Waals surface area contributed by atoms with Crippen LogP contribution in [0.3, 0.4) is 0 Å². The van der Waals surface area contributed by atoms with Crippen molar-refractivity contribution < 1.29 is 5.11 Å². The van der Waals surface area contributed by atoms with Crippen molar-refractivity contribution in [3.8, 4) is 0 Å². The zero-order valence-corrected chi connectivity index (χ0v) is 12.7. The summed E-state index contributed by atoms with van der Waals surface area (Å²) in [4.78, 5) is 0. The Kier molecular flexibility index (Phi) is 4.09. The quantitative estimate of drug-likeness (QED) is 0.900. The number of benzene rings is 2. The van der Waals surface area contributed by atoms with Crippen molar-refractivity contribution in [3.05, 3.63) is 70.8 Å². The van der Waals surface area contributed by atoms with E-state index in [1.54, 1.807) is 0 Å². The third-order valence-corrected chi connectivity index (χ3v) is 4.26. The normalized spacial score (nSPS) is 16.9. The highest BCUT2D eigenvalue weighted by molar-refractivity contribution is 5.48. The molecule has 0 aromatic heterocycles. The SMILES string of the molecule is CC(O)CC(C)NC1c2ccccc2Cc2ccccc21. The number of fused-ring (bicyclic) bond motifs is 2. The molecular formula is C19H23NO. The molecule has 2 aromatic carbocycles. The van der Waals surface area contributed by atoms with Gasteiger partial charge in [-0.25, -0.2) is 0 Å². The van der Waals surface area contributed by atoms with Gasteiger partial charge in [0.15, 0.2) is 0 Å². The third kappa shape index (κ3) is 3.02. The molecule has 0 aliphatic heterocycles. The Morgan fingerprint density at radius 2 is 1.52 bits per heavy atom. The van der Waals surface area contributed by atoms with E-state index in [0.717, 1.165) is 12.8 Å². The van der Waals surface area contributed by atoms with Crippen LogP contribution in [0, 0.1) is 0 Å². The van der Waals surface area contributed by atoms with Crippen molar-refractivity contribution >= 4 is 0 Å². The van der Waals surface area contributed by atoms with Gasteiger partial charge in [0, 0.05) is 6.04 Å². The van der Waals surface area contributed by atoms with E-state index in [1.807, 2.05) is 6.92 Å². The molecule has 2 N–H and O–H groups in total. The van der Waals surface area contributed by atoms with E-state index < -0.39 is 0 Å². The van der Waals surface area contributed by atoms with Crippen molar-refractivity contribution in [1.82, 2.24) is 5.32 Å². The maximum atomic E-state index is 9.60. The van der Waals surface area contributed by atoms with Gasteiger partial charge in [0.05, 0.1) is 12.1 Å². The maximum Gasteiger partial charge on any atom is 0.0584 e. The van der Waals surface area contributed by atoms with Crippen LogP contribution in [-0.4, -0.2) is 17.3 Å². The molecule has 21 heavy (non-hydrogen) atoms. The predicted octanol–water partition coefficient (Wildman–Crippen LogP) is 3.43. The van der Waals surface area contributed by atoms with Crippen molar-refractivity contribution in [3.63, 3.8) is 0 Å². The summed E-state index contributed by atoms with van der Waals surface area (Å²) in [5.41, 5.74) is 5.54. The molecule has 1 aliphatic rings. The first-order valence-electron chi connectivity index (χ1n) is 7.75. The van der Waals surface area contributed by atoms with Crippen LogP contribution in [0.5, 0.6) is 0 Å². The Labute approximate surface area is 126 Å². The maximum absolute atomic E-state index is 9.60. The lowest BCUT2D eigenvalue weighted by molar-refractivity contribution is 0.169. The van der Waals surface area contributed by atoms with Crippen LogP contribution >= 0.6 is 0 Å². The summed E-state index contributed by atoms with van der Waals surface area (Å²) in [5, 5.41) is 13.3. The van der Waals surface area contributed by atoms with E-state index in [4.69, 9.17) is 0 Å². The highest BCUT2D eigenvalue weighted by atomic mass is 16.3. The minimum absolute atomic E-state index is 0.222. The number of aliphatic hydroxyl groups excluding tert-OH is 1. The number of hydrogen-bond acceptors (Lipinski definition) is 2. The van der Waals surface area contributed by atoms with Gasteiger partial charge in [-0.15, -0.1) is 0 Å². The van der Waals surface area contributed by atoms with E-state index in [9.17, 15) is 5.11 Å².